The molecule has 1 aliphatic heterocycles. The molecular formula is C15H24O6Si. The number of hydrogen-bond acceptors (Lipinski definition) is 6. The lowest BCUT2D eigenvalue weighted by atomic mass is 9.83. The lowest BCUT2D eigenvalue weighted by Gasteiger charge is -2.41. The highest BCUT2D eigenvalue weighted by Crippen LogP contribution is 2.44. The summed E-state index contributed by atoms with van der Waals surface area (Å²) < 4.78 is 16.5. The molecule has 1 aliphatic carbocycles. The van der Waals surface area contributed by atoms with E-state index >= 15 is 0 Å². The Kier molecular flexibility index (Phi) is 4.02. The van der Waals surface area contributed by atoms with Crippen molar-refractivity contribution in [1.29, 1.82) is 0 Å². The van der Waals surface area contributed by atoms with Gasteiger partial charge in [0.15, 0.2) is 14.4 Å². The molecule has 22 heavy (non-hydrogen) atoms. The lowest BCUT2D eigenvalue weighted by Crippen LogP contribution is -2.54. The number of Topliss-reactive ketones (excluding diaryl/α,β-unsaturated/α-hetero) is 1. The number of ether oxygens (including phenoxy) is 2. The van der Waals surface area contributed by atoms with Gasteiger partial charge >= 0.3 is 11.9 Å². The highest BCUT2D eigenvalue weighted by Gasteiger charge is 2.62. The zero-order valence-electron chi connectivity index (χ0n) is 14.0. The van der Waals surface area contributed by atoms with Crippen molar-refractivity contribution in [3.8, 4) is 0 Å². The van der Waals surface area contributed by atoms with Crippen molar-refractivity contribution in [3.63, 3.8) is 0 Å². The second kappa shape index (κ2) is 5.16. The molecule has 1 saturated heterocycles. The molecule has 2 fully saturated rings. The zero-order valence-corrected chi connectivity index (χ0v) is 15.0. The van der Waals surface area contributed by atoms with Gasteiger partial charge in [-0.3, -0.25) is 9.59 Å². The first-order valence-corrected chi connectivity index (χ1v) is 10.4. The Hall–Kier alpha value is -1.21. The van der Waals surface area contributed by atoms with E-state index in [0.717, 1.165) is 0 Å². The Morgan fingerprint density at radius 2 is 1.86 bits per heavy atom. The van der Waals surface area contributed by atoms with Crippen LogP contribution in [-0.4, -0.2) is 43.8 Å². The fourth-order valence-corrected chi connectivity index (χ4v) is 3.89. The normalized spacial score (nSPS) is 31.9. The van der Waals surface area contributed by atoms with Crippen LogP contribution in [0.25, 0.3) is 0 Å². The van der Waals surface area contributed by atoms with Crippen LogP contribution in [0.15, 0.2) is 0 Å². The fraction of sp³-hybridized carbons (Fsp3) is 0.800. The van der Waals surface area contributed by atoms with Crippen LogP contribution in [0.2, 0.25) is 18.1 Å². The van der Waals surface area contributed by atoms with E-state index in [1.807, 2.05) is 13.1 Å². The molecule has 0 amide bonds. The molecule has 2 aliphatic rings. The minimum absolute atomic E-state index is 0.0489. The second-order valence-electron chi connectivity index (χ2n) is 7.66. The number of hydrogen-bond donors (Lipinski definition) is 0. The highest BCUT2D eigenvalue weighted by atomic mass is 28.4. The third-order valence-corrected chi connectivity index (χ3v) is 9.35. The van der Waals surface area contributed by atoms with Crippen molar-refractivity contribution in [2.24, 2.45) is 0 Å². The number of fused-ring (bicyclic) bond motifs is 2. The van der Waals surface area contributed by atoms with Gasteiger partial charge in [-0.25, -0.2) is 4.79 Å². The van der Waals surface area contributed by atoms with Crippen molar-refractivity contribution in [2.45, 2.75) is 76.5 Å². The topological polar surface area (TPSA) is 78.9 Å². The molecule has 0 spiro atoms. The van der Waals surface area contributed by atoms with E-state index in [1.54, 1.807) is 0 Å². The number of rotatable bonds is 3. The molecular weight excluding hydrogens is 304 g/mol. The van der Waals surface area contributed by atoms with Gasteiger partial charge in [0.1, 0.15) is 6.10 Å². The zero-order chi connectivity index (χ0) is 16.9. The average Bonchev–Trinajstić information content (AvgIpc) is 2.57. The van der Waals surface area contributed by atoms with Crippen LogP contribution in [-0.2, 0) is 28.3 Å². The minimum atomic E-state index is -2.19. The summed E-state index contributed by atoms with van der Waals surface area (Å²) in [7, 11) is -2.19. The van der Waals surface area contributed by atoms with Crippen molar-refractivity contribution >= 4 is 26.0 Å². The Bertz CT molecular complexity index is 521. The quantitative estimate of drug-likeness (QED) is 0.582. The van der Waals surface area contributed by atoms with Gasteiger partial charge in [0.05, 0.1) is 0 Å². The van der Waals surface area contributed by atoms with Gasteiger partial charge in [-0.1, -0.05) is 20.8 Å². The minimum Gasteiger partial charge on any atom is -0.451 e. The van der Waals surface area contributed by atoms with E-state index in [-0.39, 0.29) is 23.7 Å². The van der Waals surface area contributed by atoms with Gasteiger partial charge in [-0.15, -0.1) is 0 Å². The first-order valence-electron chi connectivity index (χ1n) is 7.50. The fourth-order valence-electron chi connectivity index (χ4n) is 2.63. The van der Waals surface area contributed by atoms with E-state index < -0.39 is 38.1 Å². The molecule has 0 radical (unpaired) electrons. The smallest absolute Gasteiger partial charge is 0.351 e. The number of carbonyl (C=O) groups is 3. The van der Waals surface area contributed by atoms with Gasteiger partial charge in [0.25, 0.3) is 0 Å². The summed E-state index contributed by atoms with van der Waals surface area (Å²) in [6, 6.07) is 0. The van der Waals surface area contributed by atoms with E-state index in [0.29, 0.717) is 0 Å². The van der Waals surface area contributed by atoms with E-state index in [9.17, 15) is 14.4 Å². The third-order valence-electron chi connectivity index (χ3n) is 4.87. The summed E-state index contributed by atoms with van der Waals surface area (Å²) in [4.78, 5) is 35.8. The maximum absolute atomic E-state index is 12.4. The SMILES string of the molecule is CC(=O)OC12CC(OC1=O)C(=O)C(O[Si](C)(C)C(C)(C)C)C2. The standard InChI is InChI=1S/C15H24O6Si/c1-9(16)20-15-7-10(19-13(15)18)12(17)11(8-15)21-22(5,6)14(2,3)4/h10-11H,7-8H2,1-6H3. The number of ketones is 1. The van der Waals surface area contributed by atoms with Crippen LogP contribution < -0.4 is 0 Å². The van der Waals surface area contributed by atoms with Gasteiger partial charge in [0, 0.05) is 19.8 Å². The third kappa shape index (κ3) is 2.84. The highest BCUT2D eigenvalue weighted by molar-refractivity contribution is 6.74. The number of carbonyl (C=O) groups excluding carboxylic acids is 3. The van der Waals surface area contributed by atoms with Crippen LogP contribution in [0.4, 0.5) is 0 Å². The first-order chi connectivity index (χ1) is 9.88. The summed E-state index contributed by atoms with van der Waals surface area (Å²) in [5.74, 6) is -1.42. The van der Waals surface area contributed by atoms with Crippen LogP contribution in [0, 0.1) is 0 Å². The van der Waals surface area contributed by atoms with Gasteiger partial charge in [-0.05, 0) is 18.1 Å². The van der Waals surface area contributed by atoms with Gasteiger partial charge in [0.2, 0.25) is 11.4 Å². The predicted octanol–water partition coefficient (Wildman–Crippen LogP) is 1.97. The summed E-state index contributed by atoms with van der Waals surface area (Å²) in [6.45, 7) is 11.5. The van der Waals surface area contributed by atoms with E-state index in [1.165, 1.54) is 6.92 Å². The largest absolute Gasteiger partial charge is 0.451 e. The second-order valence-corrected chi connectivity index (χ2v) is 12.4. The van der Waals surface area contributed by atoms with Crippen molar-refractivity contribution in [2.75, 3.05) is 0 Å². The molecule has 2 rings (SSSR count). The molecule has 3 unspecified atom stereocenters. The Balaban J connectivity index is 2.26. The summed E-state index contributed by atoms with van der Waals surface area (Å²) in [5.41, 5.74) is -1.36. The van der Waals surface area contributed by atoms with E-state index in [2.05, 4.69) is 20.8 Å². The predicted molar refractivity (Wildman–Crippen MR) is 80.7 cm³/mol. The molecule has 3 atom stereocenters. The molecule has 6 nitrogen and oxygen atoms in total. The summed E-state index contributed by atoms with van der Waals surface area (Å²) in [6.07, 6.45) is -1.48. The monoisotopic (exact) mass is 328 g/mol. The van der Waals surface area contributed by atoms with Crippen LogP contribution in [0.1, 0.15) is 40.5 Å². The van der Waals surface area contributed by atoms with Crippen LogP contribution in [0.5, 0.6) is 0 Å². The maximum atomic E-state index is 12.4. The Morgan fingerprint density at radius 3 is 2.36 bits per heavy atom. The van der Waals surface area contributed by atoms with Crippen molar-refractivity contribution < 1.29 is 28.3 Å². The summed E-state index contributed by atoms with van der Waals surface area (Å²) in [5, 5.41) is -0.0662. The van der Waals surface area contributed by atoms with Crippen molar-refractivity contribution in [3.05, 3.63) is 0 Å². The van der Waals surface area contributed by atoms with Crippen LogP contribution in [0.3, 0.4) is 0 Å². The molecule has 0 aromatic heterocycles. The van der Waals surface area contributed by atoms with E-state index in [4.69, 9.17) is 13.9 Å². The van der Waals surface area contributed by atoms with Gasteiger partial charge in [-0.2, -0.15) is 0 Å². The van der Waals surface area contributed by atoms with Gasteiger partial charge < -0.3 is 13.9 Å². The maximum Gasteiger partial charge on any atom is 0.351 e. The molecule has 2 bridgehead atoms. The first kappa shape index (κ1) is 17.1. The Morgan fingerprint density at radius 1 is 1.27 bits per heavy atom. The van der Waals surface area contributed by atoms with Crippen molar-refractivity contribution in [1.82, 2.24) is 0 Å². The molecule has 1 saturated carbocycles. The lowest BCUT2D eigenvalue weighted by molar-refractivity contribution is -0.173. The molecule has 1 heterocycles. The number of esters is 2. The Labute approximate surface area is 131 Å². The molecule has 0 N–H and O–H groups in total. The molecule has 124 valence electrons. The molecule has 7 heteroatoms. The van der Waals surface area contributed by atoms with Crippen LogP contribution >= 0.6 is 0 Å². The average molecular weight is 328 g/mol. The molecule has 0 aromatic rings. The summed E-state index contributed by atoms with van der Waals surface area (Å²) >= 11 is 0. The molecule has 0 aromatic carbocycles.